The maximum absolute atomic E-state index is 10.1. The summed E-state index contributed by atoms with van der Waals surface area (Å²) in [6.07, 6.45) is 0. The fraction of sp³-hybridized carbons (Fsp3) is 0. The molecule has 0 saturated heterocycles. The van der Waals surface area contributed by atoms with Gasteiger partial charge in [-0.1, -0.05) is 176 Å². The fourth-order valence-electron chi connectivity index (χ4n) is 8.99. The molecule has 290 valence electrons. The van der Waals surface area contributed by atoms with Crippen molar-refractivity contribution < 1.29 is 9.60 Å². The van der Waals surface area contributed by atoms with Crippen molar-refractivity contribution >= 4 is 43.6 Å². The first-order valence-electron chi connectivity index (χ1n) is 24.3. The number of rotatable bonds is 7. The Morgan fingerprint density at radius 3 is 1.37 bits per heavy atom. The highest BCUT2D eigenvalue weighted by Crippen LogP contribution is 2.42. The lowest BCUT2D eigenvalue weighted by molar-refractivity contribution is 1.18. The summed E-state index contributed by atoms with van der Waals surface area (Å²) in [5.74, 6) is 0. The molecule has 62 heavy (non-hydrogen) atoms. The number of nitrogens with zero attached hydrogens (tertiary/aromatic N) is 2. The number of para-hydroxylation sites is 1. The van der Waals surface area contributed by atoms with Crippen LogP contribution in [0.3, 0.4) is 0 Å². The van der Waals surface area contributed by atoms with Crippen molar-refractivity contribution in [2.24, 2.45) is 0 Å². The molecule has 0 atom stereocenters. The van der Waals surface area contributed by atoms with Gasteiger partial charge in [-0.15, -0.1) is 0 Å². The quantitative estimate of drug-likeness (QED) is 0.152. The van der Waals surface area contributed by atoms with Crippen LogP contribution in [-0.2, 0) is 0 Å². The van der Waals surface area contributed by atoms with Crippen molar-refractivity contribution in [3.05, 3.63) is 242 Å². The Morgan fingerprint density at radius 2 is 0.758 bits per heavy atom. The maximum Gasteiger partial charge on any atom is 0.0645 e. The molecule has 10 aromatic carbocycles. The summed E-state index contributed by atoms with van der Waals surface area (Å²) in [4.78, 5) is 0. The zero-order chi connectivity index (χ0) is 47.1. The third kappa shape index (κ3) is 6.04. The maximum atomic E-state index is 10.1. The smallest absolute Gasteiger partial charge is 0.0645 e. The number of fused-ring (bicyclic) bond motifs is 6. The summed E-state index contributed by atoms with van der Waals surface area (Å²) in [6, 6.07) is 65.2. The topological polar surface area (TPSA) is 9.86 Å². The van der Waals surface area contributed by atoms with E-state index < -0.39 is 12.1 Å². The Hall–Kier alpha value is -8.20. The number of hydrogen-bond donors (Lipinski definition) is 0. The van der Waals surface area contributed by atoms with Crippen LogP contribution in [0.15, 0.2) is 242 Å². The largest absolute Gasteiger partial charge is 0.309 e. The minimum absolute atomic E-state index is 0.0912. The SMILES string of the molecule is [2H]c1c([2H])c([2H])c2c(c1[2H])c1c([2H])c(-c3ccc4c(c3)c3cc(-c5ccccc5)ccc3n4-c3ccc(-c4ccccc4)cc3)c([2H])c([2H])c1n2-c1ccc(-c2ccccc2)cc1-c1ccccc1. The summed E-state index contributed by atoms with van der Waals surface area (Å²) in [5, 5.41) is 2.19. The minimum Gasteiger partial charge on any atom is -0.309 e. The van der Waals surface area contributed by atoms with Crippen molar-refractivity contribution in [3.8, 4) is 67.0 Å². The highest BCUT2D eigenvalue weighted by Gasteiger charge is 2.19. The Labute approximate surface area is 370 Å². The van der Waals surface area contributed by atoms with E-state index in [2.05, 4.69) is 77.4 Å². The van der Waals surface area contributed by atoms with E-state index in [9.17, 15) is 6.85 Å². The molecule has 0 radical (unpaired) electrons. The minimum atomic E-state index is -0.433. The third-order valence-electron chi connectivity index (χ3n) is 12.0. The number of benzene rings is 10. The summed E-state index contributed by atoms with van der Waals surface area (Å²) in [5.41, 5.74) is 12.4. The zero-order valence-electron chi connectivity index (χ0n) is 40.4. The van der Waals surface area contributed by atoms with E-state index in [1.807, 2.05) is 127 Å². The van der Waals surface area contributed by atoms with E-state index in [0.29, 0.717) is 11.3 Å². The fourth-order valence-corrected chi connectivity index (χ4v) is 8.99. The second-order valence-electron chi connectivity index (χ2n) is 15.6. The highest BCUT2D eigenvalue weighted by atomic mass is 15.0. The molecule has 0 N–H and O–H groups in total. The molecule has 2 heterocycles. The first-order valence-corrected chi connectivity index (χ1v) is 20.8. The van der Waals surface area contributed by atoms with Gasteiger partial charge in [0.1, 0.15) is 0 Å². The van der Waals surface area contributed by atoms with Gasteiger partial charge in [0.2, 0.25) is 0 Å². The van der Waals surface area contributed by atoms with Gasteiger partial charge in [0, 0.05) is 32.8 Å². The van der Waals surface area contributed by atoms with Crippen molar-refractivity contribution in [2.75, 3.05) is 0 Å². The molecule has 0 fully saturated rings. The van der Waals surface area contributed by atoms with Crippen LogP contribution in [0.2, 0.25) is 0 Å². The second kappa shape index (κ2) is 14.8. The van der Waals surface area contributed by atoms with E-state index in [0.717, 1.165) is 72.0 Å². The van der Waals surface area contributed by atoms with Crippen LogP contribution in [0.1, 0.15) is 9.60 Å². The predicted octanol–water partition coefficient (Wildman–Crippen LogP) is 16.2. The summed E-state index contributed by atoms with van der Waals surface area (Å²) < 4.78 is 70.2. The van der Waals surface area contributed by atoms with Crippen molar-refractivity contribution in [3.63, 3.8) is 0 Å². The highest BCUT2D eigenvalue weighted by molar-refractivity contribution is 6.13. The van der Waals surface area contributed by atoms with Gasteiger partial charge < -0.3 is 9.13 Å². The van der Waals surface area contributed by atoms with E-state index in [4.69, 9.17) is 2.74 Å². The molecule has 2 aromatic heterocycles. The normalized spacial score (nSPS) is 13.1. The van der Waals surface area contributed by atoms with Crippen LogP contribution in [0.25, 0.3) is 111 Å². The molecule has 0 aliphatic heterocycles. The van der Waals surface area contributed by atoms with Gasteiger partial charge in [-0.2, -0.15) is 0 Å². The molecule has 12 rings (SSSR count). The van der Waals surface area contributed by atoms with Gasteiger partial charge >= 0.3 is 0 Å². The van der Waals surface area contributed by atoms with Crippen LogP contribution in [0.4, 0.5) is 0 Å². The Kier molecular flexibility index (Phi) is 6.95. The second-order valence-corrected chi connectivity index (χ2v) is 15.6. The lowest BCUT2D eigenvalue weighted by atomic mass is 9.97. The van der Waals surface area contributed by atoms with Gasteiger partial charge in [0.05, 0.1) is 37.3 Å². The van der Waals surface area contributed by atoms with Crippen LogP contribution in [0.5, 0.6) is 0 Å². The van der Waals surface area contributed by atoms with Gasteiger partial charge in [0.15, 0.2) is 0 Å². The third-order valence-corrected chi connectivity index (χ3v) is 12.0. The van der Waals surface area contributed by atoms with Crippen LogP contribution in [-0.4, -0.2) is 9.13 Å². The number of aromatic nitrogens is 2. The molecule has 0 aliphatic carbocycles. The molecule has 0 aliphatic rings. The molecule has 2 nitrogen and oxygen atoms in total. The lowest BCUT2D eigenvalue weighted by Crippen LogP contribution is -1.98. The molecular formula is C60H40N2. The molecule has 2 heteroatoms. The Morgan fingerprint density at radius 1 is 0.290 bits per heavy atom. The van der Waals surface area contributed by atoms with Crippen LogP contribution in [0, 0.1) is 0 Å². The molecule has 0 saturated carbocycles. The predicted molar refractivity (Wildman–Crippen MR) is 262 cm³/mol. The molecule has 0 unspecified atom stereocenters. The molecule has 0 spiro atoms. The molecule has 12 aromatic rings. The van der Waals surface area contributed by atoms with Crippen molar-refractivity contribution in [2.45, 2.75) is 0 Å². The molecule has 0 bridgehead atoms. The van der Waals surface area contributed by atoms with Crippen molar-refractivity contribution in [1.82, 2.24) is 9.13 Å². The van der Waals surface area contributed by atoms with E-state index in [1.54, 1.807) is 4.57 Å². The monoisotopic (exact) mass is 795 g/mol. The first kappa shape index (κ1) is 29.1. The Bertz CT molecular complexity index is 4000. The summed E-state index contributed by atoms with van der Waals surface area (Å²) in [7, 11) is 0. The van der Waals surface area contributed by atoms with Gasteiger partial charge in [-0.25, -0.2) is 0 Å². The number of hydrogen-bond acceptors (Lipinski definition) is 0. The molecule has 0 amide bonds. The first-order chi connectivity index (χ1) is 33.7. The standard InChI is InChI=1S/C60H40N2/c1-5-15-41(16-6-1)44-25-31-50(32-26-44)61-58-34-28-47(43-19-9-3-10-20-43)38-54(58)55-40-49(29-35-59(55)61)48-30-36-60-53(39-48)51-23-13-14-24-56(51)62(60)57-33-27-46(42-17-7-2-8-18-42)37-52(57)45-21-11-4-12-22-45/h1-40H/i13D,14D,23D,24D,30D,36D,39D. The van der Waals surface area contributed by atoms with E-state index in [-0.39, 0.29) is 57.6 Å². The van der Waals surface area contributed by atoms with Gasteiger partial charge in [-0.3, -0.25) is 0 Å². The van der Waals surface area contributed by atoms with Crippen molar-refractivity contribution in [1.29, 1.82) is 0 Å². The van der Waals surface area contributed by atoms with E-state index >= 15 is 0 Å². The van der Waals surface area contributed by atoms with Crippen LogP contribution < -0.4 is 0 Å². The molecular weight excluding hydrogens is 749 g/mol. The Balaban J connectivity index is 1.13. The average Bonchev–Trinajstić information content (AvgIpc) is 3.94. The van der Waals surface area contributed by atoms with Crippen LogP contribution >= 0.6 is 0 Å². The van der Waals surface area contributed by atoms with Gasteiger partial charge in [-0.05, 0) is 117 Å². The lowest BCUT2D eigenvalue weighted by Gasteiger charge is -2.16. The summed E-state index contributed by atoms with van der Waals surface area (Å²) >= 11 is 0. The summed E-state index contributed by atoms with van der Waals surface area (Å²) in [6.45, 7) is 0. The van der Waals surface area contributed by atoms with Gasteiger partial charge in [0.25, 0.3) is 0 Å². The van der Waals surface area contributed by atoms with E-state index in [1.165, 1.54) is 0 Å². The zero-order valence-corrected chi connectivity index (χ0v) is 33.4. The average molecular weight is 796 g/mol.